The fourth-order valence-corrected chi connectivity index (χ4v) is 4.31. The van der Waals surface area contributed by atoms with Gasteiger partial charge in [0, 0.05) is 13.0 Å². The predicted molar refractivity (Wildman–Crippen MR) is 154 cm³/mol. The van der Waals surface area contributed by atoms with Gasteiger partial charge in [0.05, 0.1) is 7.11 Å². The van der Waals surface area contributed by atoms with Gasteiger partial charge in [0.25, 0.3) is 0 Å². The van der Waals surface area contributed by atoms with Crippen molar-refractivity contribution in [1.82, 2.24) is 15.5 Å². The van der Waals surface area contributed by atoms with Crippen molar-refractivity contribution in [1.29, 1.82) is 0 Å². The molecule has 0 saturated heterocycles. The summed E-state index contributed by atoms with van der Waals surface area (Å²) in [6.45, 7) is 11.0. The van der Waals surface area contributed by atoms with Gasteiger partial charge in [-0.3, -0.25) is 14.4 Å². The van der Waals surface area contributed by atoms with E-state index in [1.807, 2.05) is 69.3 Å². The lowest BCUT2D eigenvalue weighted by Gasteiger charge is -2.35. The highest BCUT2D eigenvalue weighted by Crippen LogP contribution is 2.27. The first-order valence-electron chi connectivity index (χ1n) is 13.6. The van der Waals surface area contributed by atoms with Crippen LogP contribution in [0.5, 0.6) is 0 Å². The van der Waals surface area contributed by atoms with E-state index in [9.17, 15) is 19.2 Å². The van der Waals surface area contributed by atoms with E-state index in [0.717, 1.165) is 23.1 Å². The number of unbranched alkanes of at least 4 members (excludes halogenated alkanes) is 1. The number of hydrogen-bond donors (Lipinski definition) is 2. The Morgan fingerprint density at radius 3 is 2.25 bits per heavy atom. The number of amides is 3. The van der Waals surface area contributed by atoms with E-state index in [4.69, 9.17) is 9.47 Å². The Balaban J connectivity index is 2.57. The molecule has 2 atom stereocenters. The van der Waals surface area contributed by atoms with Crippen LogP contribution in [0, 0.1) is 13.8 Å². The van der Waals surface area contributed by atoms with E-state index in [1.165, 1.54) is 12.0 Å². The Hall–Kier alpha value is -3.88. The number of alkyl carbamates (subject to hydrolysis) is 1. The van der Waals surface area contributed by atoms with E-state index < -0.39 is 41.6 Å². The Bertz CT molecular complexity index is 1160. The largest absolute Gasteiger partial charge is 0.468 e. The second-order valence-electron chi connectivity index (χ2n) is 10.8. The molecule has 0 radical (unpaired) electrons. The van der Waals surface area contributed by atoms with Crippen LogP contribution in [-0.2, 0) is 30.3 Å². The zero-order valence-corrected chi connectivity index (χ0v) is 24.7. The third-order valence-corrected chi connectivity index (χ3v) is 6.22. The molecule has 0 aliphatic heterocycles. The molecular weight excluding hydrogens is 510 g/mol. The van der Waals surface area contributed by atoms with Gasteiger partial charge >= 0.3 is 12.1 Å². The lowest BCUT2D eigenvalue weighted by Crippen LogP contribution is -2.54. The lowest BCUT2D eigenvalue weighted by atomic mass is 9.95. The lowest BCUT2D eigenvalue weighted by molar-refractivity contribution is -0.144. The standard InChI is InChI=1S/C31H43N3O6/c1-8-9-17-34(27(28(36)32-20-26(35)39-7)24-16-15-21(2)18-22(24)3)29(37)25(19-23-13-11-10-12-14-23)33-30(38)40-31(4,5)6/h10-16,18,25,27H,8-9,17,19-20H2,1-7H3,(H,32,36)(H,33,38). The van der Waals surface area contributed by atoms with Gasteiger partial charge in [-0.1, -0.05) is 67.4 Å². The summed E-state index contributed by atoms with van der Waals surface area (Å²) in [6, 6.07) is 12.9. The number of methoxy groups -OCH3 is 1. The maximum atomic E-state index is 14.3. The van der Waals surface area contributed by atoms with Crippen LogP contribution in [0.2, 0.25) is 0 Å². The molecule has 0 aromatic heterocycles. The van der Waals surface area contributed by atoms with E-state index in [2.05, 4.69) is 10.6 Å². The molecular formula is C31H43N3O6. The predicted octanol–water partition coefficient (Wildman–Crippen LogP) is 4.40. The number of nitrogens with one attached hydrogen (secondary N) is 2. The minimum absolute atomic E-state index is 0.199. The molecule has 2 aromatic rings. The van der Waals surface area contributed by atoms with Gasteiger partial charge in [-0.05, 0) is 57.7 Å². The van der Waals surface area contributed by atoms with Crippen LogP contribution in [0.3, 0.4) is 0 Å². The van der Waals surface area contributed by atoms with Crippen LogP contribution in [0.15, 0.2) is 48.5 Å². The Morgan fingerprint density at radius 1 is 1.00 bits per heavy atom. The van der Waals surface area contributed by atoms with Crippen molar-refractivity contribution in [2.24, 2.45) is 0 Å². The highest BCUT2D eigenvalue weighted by Gasteiger charge is 2.37. The number of aryl methyl sites for hydroxylation is 2. The summed E-state index contributed by atoms with van der Waals surface area (Å²) in [4.78, 5) is 54.2. The Kier molecular flexibility index (Phi) is 12.2. The molecule has 40 heavy (non-hydrogen) atoms. The molecule has 2 unspecified atom stereocenters. The average molecular weight is 554 g/mol. The summed E-state index contributed by atoms with van der Waals surface area (Å²) in [6.07, 6.45) is 0.874. The van der Waals surface area contributed by atoms with Gasteiger partial charge in [0.15, 0.2) is 0 Å². The van der Waals surface area contributed by atoms with Crippen molar-refractivity contribution in [3.63, 3.8) is 0 Å². The van der Waals surface area contributed by atoms with Crippen LogP contribution in [-0.4, -0.2) is 60.6 Å². The summed E-state index contributed by atoms with van der Waals surface area (Å²) in [7, 11) is 1.24. The molecule has 2 N–H and O–H groups in total. The van der Waals surface area contributed by atoms with E-state index in [1.54, 1.807) is 20.8 Å². The number of rotatable bonds is 12. The normalized spacial score (nSPS) is 12.6. The number of benzene rings is 2. The number of carbonyl (C=O) groups excluding carboxylic acids is 4. The first-order chi connectivity index (χ1) is 18.9. The van der Waals surface area contributed by atoms with Crippen LogP contribution < -0.4 is 10.6 Å². The number of ether oxygens (including phenoxy) is 2. The van der Waals surface area contributed by atoms with E-state index in [0.29, 0.717) is 12.0 Å². The quantitative estimate of drug-likeness (QED) is 0.377. The number of hydrogen-bond acceptors (Lipinski definition) is 6. The van der Waals surface area contributed by atoms with Crippen LogP contribution in [0.1, 0.15) is 68.8 Å². The fraction of sp³-hybridized carbons (Fsp3) is 0.484. The first kappa shape index (κ1) is 32.3. The van der Waals surface area contributed by atoms with Crippen LogP contribution in [0.4, 0.5) is 4.79 Å². The SMILES string of the molecule is CCCCN(C(=O)C(Cc1ccccc1)NC(=O)OC(C)(C)C)C(C(=O)NCC(=O)OC)c1ccc(C)cc1C. The van der Waals surface area contributed by atoms with Crippen molar-refractivity contribution in [3.05, 3.63) is 70.8 Å². The molecule has 0 aliphatic rings. The number of esters is 1. The minimum Gasteiger partial charge on any atom is -0.468 e. The van der Waals surface area contributed by atoms with Crippen molar-refractivity contribution in [2.45, 2.75) is 78.5 Å². The zero-order valence-electron chi connectivity index (χ0n) is 24.7. The molecule has 2 aromatic carbocycles. The molecule has 0 fully saturated rings. The second-order valence-corrected chi connectivity index (χ2v) is 10.8. The van der Waals surface area contributed by atoms with Crippen molar-refractivity contribution >= 4 is 23.9 Å². The molecule has 3 amide bonds. The number of nitrogens with zero attached hydrogens (tertiary/aromatic N) is 1. The van der Waals surface area contributed by atoms with Gasteiger partial charge in [0.1, 0.15) is 24.2 Å². The summed E-state index contributed by atoms with van der Waals surface area (Å²) in [5.74, 6) is -1.55. The third-order valence-electron chi connectivity index (χ3n) is 6.22. The van der Waals surface area contributed by atoms with Gasteiger partial charge in [-0.15, -0.1) is 0 Å². The number of carbonyl (C=O) groups is 4. The fourth-order valence-electron chi connectivity index (χ4n) is 4.31. The Labute approximate surface area is 237 Å². The summed E-state index contributed by atoms with van der Waals surface area (Å²) < 4.78 is 10.2. The smallest absolute Gasteiger partial charge is 0.408 e. The molecule has 2 rings (SSSR count). The van der Waals surface area contributed by atoms with Crippen LogP contribution in [0.25, 0.3) is 0 Å². The summed E-state index contributed by atoms with van der Waals surface area (Å²) in [5, 5.41) is 5.38. The van der Waals surface area contributed by atoms with E-state index >= 15 is 0 Å². The van der Waals surface area contributed by atoms with E-state index in [-0.39, 0.29) is 19.5 Å². The Morgan fingerprint density at radius 2 is 1.68 bits per heavy atom. The molecule has 0 aliphatic carbocycles. The van der Waals surface area contributed by atoms with Gasteiger partial charge in [-0.25, -0.2) is 4.79 Å². The molecule has 9 nitrogen and oxygen atoms in total. The van der Waals surface area contributed by atoms with Crippen molar-refractivity contribution < 1.29 is 28.7 Å². The minimum atomic E-state index is -1.04. The van der Waals surface area contributed by atoms with Gasteiger partial charge in [-0.2, -0.15) is 0 Å². The maximum absolute atomic E-state index is 14.3. The van der Waals surface area contributed by atoms with Crippen LogP contribution >= 0.6 is 0 Å². The molecule has 0 spiro atoms. The second kappa shape index (κ2) is 15.1. The van der Waals surface area contributed by atoms with Crippen molar-refractivity contribution in [2.75, 3.05) is 20.2 Å². The summed E-state index contributed by atoms with van der Waals surface area (Å²) >= 11 is 0. The molecule has 0 bridgehead atoms. The van der Waals surface area contributed by atoms with Gasteiger partial charge in [0.2, 0.25) is 11.8 Å². The van der Waals surface area contributed by atoms with Crippen molar-refractivity contribution in [3.8, 4) is 0 Å². The first-order valence-corrected chi connectivity index (χ1v) is 13.6. The zero-order chi connectivity index (χ0) is 29.9. The average Bonchev–Trinajstić information content (AvgIpc) is 2.89. The monoisotopic (exact) mass is 553 g/mol. The molecule has 218 valence electrons. The third kappa shape index (κ3) is 10.0. The van der Waals surface area contributed by atoms with Gasteiger partial charge < -0.3 is 25.0 Å². The highest BCUT2D eigenvalue weighted by atomic mass is 16.6. The molecule has 0 saturated carbocycles. The maximum Gasteiger partial charge on any atom is 0.408 e. The molecule has 9 heteroatoms. The summed E-state index contributed by atoms with van der Waals surface area (Å²) in [5.41, 5.74) is 2.54. The highest BCUT2D eigenvalue weighted by molar-refractivity contribution is 5.93. The topological polar surface area (TPSA) is 114 Å². The molecule has 0 heterocycles.